The van der Waals surface area contributed by atoms with E-state index in [2.05, 4.69) is 9.80 Å². The van der Waals surface area contributed by atoms with Crippen molar-refractivity contribution in [1.29, 1.82) is 0 Å². The molecule has 0 aliphatic carbocycles. The van der Waals surface area contributed by atoms with E-state index in [1.807, 2.05) is 14.1 Å². The SMILES string of the molecule is CN(C)CC1CC(O)CN1CC1COCCC1=O. The van der Waals surface area contributed by atoms with Crippen molar-refractivity contribution in [2.75, 3.05) is 46.9 Å². The van der Waals surface area contributed by atoms with E-state index in [9.17, 15) is 9.90 Å². The van der Waals surface area contributed by atoms with E-state index < -0.39 is 0 Å². The molecule has 2 fully saturated rings. The van der Waals surface area contributed by atoms with E-state index >= 15 is 0 Å². The third kappa shape index (κ3) is 3.51. The third-order valence-electron chi connectivity index (χ3n) is 3.80. The van der Waals surface area contributed by atoms with Crippen molar-refractivity contribution < 1.29 is 14.6 Å². The summed E-state index contributed by atoms with van der Waals surface area (Å²) in [6.07, 6.45) is 1.09. The zero-order valence-corrected chi connectivity index (χ0v) is 11.3. The minimum Gasteiger partial charge on any atom is -0.392 e. The van der Waals surface area contributed by atoms with Crippen molar-refractivity contribution in [2.45, 2.75) is 25.0 Å². The van der Waals surface area contributed by atoms with E-state index in [1.54, 1.807) is 0 Å². The number of carbonyl (C=O) groups excluding carboxylic acids is 1. The predicted molar refractivity (Wildman–Crippen MR) is 68.5 cm³/mol. The molecule has 0 aromatic rings. The first-order chi connectivity index (χ1) is 8.56. The Hall–Kier alpha value is -0.490. The van der Waals surface area contributed by atoms with Crippen molar-refractivity contribution in [3.8, 4) is 0 Å². The zero-order valence-electron chi connectivity index (χ0n) is 11.3. The molecule has 0 radical (unpaired) electrons. The number of β-amino-alcohol motifs (C(OH)–C–C–N with tert-alkyl or cyclic N) is 1. The highest BCUT2D eigenvalue weighted by molar-refractivity contribution is 5.82. The number of Topliss-reactive ketones (excluding diaryl/α,β-unsaturated/α-hetero) is 1. The van der Waals surface area contributed by atoms with Crippen molar-refractivity contribution in [3.05, 3.63) is 0 Å². The molecule has 3 atom stereocenters. The van der Waals surface area contributed by atoms with Crippen LogP contribution in [0.1, 0.15) is 12.8 Å². The minimum absolute atomic E-state index is 0.00582. The fourth-order valence-corrected chi connectivity index (χ4v) is 2.93. The maximum Gasteiger partial charge on any atom is 0.141 e. The molecule has 2 aliphatic heterocycles. The fraction of sp³-hybridized carbons (Fsp3) is 0.923. The van der Waals surface area contributed by atoms with Crippen molar-refractivity contribution in [2.24, 2.45) is 5.92 Å². The van der Waals surface area contributed by atoms with Crippen LogP contribution in [0.2, 0.25) is 0 Å². The smallest absolute Gasteiger partial charge is 0.141 e. The molecule has 0 saturated carbocycles. The van der Waals surface area contributed by atoms with E-state index in [1.165, 1.54) is 0 Å². The van der Waals surface area contributed by atoms with Crippen LogP contribution in [0.25, 0.3) is 0 Å². The number of aliphatic hydroxyl groups is 1. The highest BCUT2D eigenvalue weighted by Crippen LogP contribution is 2.21. The Morgan fingerprint density at radius 1 is 1.50 bits per heavy atom. The molecule has 2 aliphatic rings. The molecule has 1 N–H and O–H groups in total. The summed E-state index contributed by atoms with van der Waals surface area (Å²) >= 11 is 0. The first-order valence-corrected chi connectivity index (χ1v) is 6.73. The summed E-state index contributed by atoms with van der Waals surface area (Å²) in [7, 11) is 4.08. The van der Waals surface area contributed by atoms with Gasteiger partial charge in [-0.3, -0.25) is 9.69 Å². The lowest BCUT2D eigenvalue weighted by Gasteiger charge is -2.31. The van der Waals surface area contributed by atoms with Gasteiger partial charge >= 0.3 is 0 Å². The van der Waals surface area contributed by atoms with Gasteiger partial charge in [0.1, 0.15) is 5.78 Å². The quantitative estimate of drug-likeness (QED) is 0.741. The Balaban J connectivity index is 1.91. The van der Waals surface area contributed by atoms with Crippen LogP contribution >= 0.6 is 0 Å². The Labute approximate surface area is 109 Å². The molecule has 2 heterocycles. The predicted octanol–water partition coefficient (Wildman–Crippen LogP) is -0.411. The van der Waals surface area contributed by atoms with Crippen LogP contribution in [0.5, 0.6) is 0 Å². The molecular formula is C13H24N2O3. The van der Waals surface area contributed by atoms with Gasteiger partial charge in [0.15, 0.2) is 0 Å². The largest absolute Gasteiger partial charge is 0.392 e. The lowest BCUT2D eigenvalue weighted by Crippen LogP contribution is -2.44. The Morgan fingerprint density at radius 2 is 2.28 bits per heavy atom. The second-order valence-corrected chi connectivity index (χ2v) is 5.75. The molecular weight excluding hydrogens is 232 g/mol. The number of aliphatic hydroxyl groups excluding tert-OH is 1. The van der Waals surface area contributed by atoms with E-state index in [4.69, 9.17) is 4.74 Å². The van der Waals surface area contributed by atoms with E-state index in [-0.39, 0.29) is 12.0 Å². The monoisotopic (exact) mass is 256 g/mol. The second kappa shape index (κ2) is 6.10. The topological polar surface area (TPSA) is 53.0 Å². The number of ketones is 1. The molecule has 0 spiro atoms. The normalized spacial score (nSPS) is 34.4. The van der Waals surface area contributed by atoms with Crippen LogP contribution in [0.3, 0.4) is 0 Å². The van der Waals surface area contributed by atoms with Gasteiger partial charge in [-0.2, -0.15) is 0 Å². The number of likely N-dealkylation sites (tertiary alicyclic amines) is 1. The first-order valence-electron chi connectivity index (χ1n) is 6.73. The van der Waals surface area contributed by atoms with Crippen molar-refractivity contribution in [3.63, 3.8) is 0 Å². The summed E-state index contributed by atoms with van der Waals surface area (Å²) in [4.78, 5) is 16.2. The van der Waals surface area contributed by atoms with Gasteiger partial charge in [-0.1, -0.05) is 0 Å². The first kappa shape index (κ1) is 13.9. The lowest BCUT2D eigenvalue weighted by molar-refractivity contribution is -0.131. The maximum atomic E-state index is 11.8. The van der Waals surface area contributed by atoms with Crippen molar-refractivity contribution >= 4 is 5.78 Å². The summed E-state index contributed by atoms with van der Waals surface area (Å²) in [6.45, 7) is 3.45. The number of hydrogen-bond acceptors (Lipinski definition) is 5. The zero-order chi connectivity index (χ0) is 13.1. The maximum absolute atomic E-state index is 11.8. The van der Waals surface area contributed by atoms with Gasteiger partial charge in [-0.05, 0) is 20.5 Å². The summed E-state index contributed by atoms with van der Waals surface area (Å²) in [6, 6.07) is 0.352. The van der Waals surface area contributed by atoms with Crippen LogP contribution < -0.4 is 0 Å². The molecule has 2 saturated heterocycles. The average molecular weight is 256 g/mol. The van der Waals surface area contributed by atoms with Crippen LogP contribution in [-0.2, 0) is 9.53 Å². The Kier molecular flexibility index (Phi) is 4.72. The molecule has 0 bridgehead atoms. The van der Waals surface area contributed by atoms with Gasteiger partial charge in [-0.15, -0.1) is 0 Å². The molecule has 2 rings (SSSR count). The molecule has 104 valence electrons. The Morgan fingerprint density at radius 3 is 2.94 bits per heavy atom. The molecule has 0 amide bonds. The number of hydrogen-bond donors (Lipinski definition) is 1. The number of carbonyl (C=O) groups is 1. The highest BCUT2D eigenvalue weighted by Gasteiger charge is 2.34. The van der Waals surface area contributed by atoms with Gasteiger partial charge in [-0.25, -0.2) is 0 Å². The van der Waals surface area contributed by atoms with E-state index in [0.717, 1.165) is 19.5 Å². The van der Waals surface area contributed by atoms with Crippen LogP contribution in [0, 0.1) is 5.92 Å². The Bertz CT molecular complexity index is 296. The van der Waals surface area contributed by atoms with Crippen molar-refractivity contribution in [1.82, 2.24) is 9.80 Å². The number of nitrogens with zero attached hydrogens (tertiary/aromatic N) is 2. The van der Waals surface area contributed by atoms with Gasteiger partial charge in [0.2, 0.25) is 0 Å². The third-order valence-corrected chi connectivity index (χ3v) is 3.80. The minimum atomic E-state index is -0.255. The molecule has 0 aromatic carbocycles. The second-order valence-electron chi connectivity index (χ2n) is 5.75. The summed E-state index contributed by atoms with van der Waals surface area (Å²) < 4.78 is 5.39. The molecule has 18 heavy (non-hydrogen) atoms. The highest BCUT2D eigenvalue weighted by atomic mass is 16.5. The lowest BCUT2D eigenvalue weighted by atomic mass is 9.99. The number of ether oxygens (including phenoxy) is 1. The summed E-state index contributed by atoms with van der Waals surface area (Å²) in [5, 5.41) is 9.80. The molecule has 5 nitrogen and oxygen atoms in total. The van der Waals surface area contributed by atoms with Gasteiger partial charge in [0.05, 0.1) is 25.2 Å². The van der Waals surface area contributed by atoms with Crippen LogP contribution in [0.15, 0.2) is 0 Å². The summed E-state index contributed by atoms with van der Waals surface area (Å²) in [5.74, 6) is 0.306. The summed E-state index contributed by atoms with van der Waals surface area (Å²) in [5.41, 5.74) is 0. The standard InChI is InChI=1S/C13H24N2O3/c1-14(2)7-11-5-12(16)8-15(11)6-10-9-18-4-3-13(10)17/h10-12,16H,3-9H2,1-2H3. The fourth-order valence-electron chi connectivity index (χ4n) is 2.93. The van der Waals surface area contributed by atoms with Gasteiger partial charge in [0, 0.05) is 32.1 Å². The molecule has 5 heteroatoms. The molecule has 3 unspecified atom stereocenters. The van der Waals surface area contributed by atoms with Crippen LogP contribution in [-0.4, -0.2) is 79.8 Å². The van der Waals surface area contributed by atoms with Crippen LogP contribution in [0.4, 0.5) is 0 Å². The van der Waals surface area contributed by atoms with Gasteiger partial charge in [0.25, 0.3) is 0 Å². The van der Waals surface area contributed by atoms with Gasteiger partial charge < -0.3 is 14.7 Å². The van der Waals surface area contributed by atoms with E-state index in [0.29, 0.717) is 38.0 Å². The number of likely N-dealkylation sites (N-methyl/N-ethyl adjacent to an activating group) is 1. The molecule has 0 aromatic heterocycles. The average Bonchev–Trinajstić information content (AvgIpc) is 2.61. The number of rotatable bonds is 4.